The van der Waals surface area contributed by atoms with Crippen molar-refractivity contribution in [3.05, 3.63) is 29.3 Å². The molecule has 1 saturated heterocycles. The van der Waals surface area contributed by atoms with Crippen LogP contribution in [-0.4, -0.2) is 36.9 Å². The smallest absolute Gasteiger partial charge is 0.323 e. The molecule has 0 bridgehead atoms. The maximum Gasteiger partial charge on any atom is 0.323 e. The van der Waals surface area contributed by atoms with Gasteiger partial charge in [0.05, 0.1) is 0 Å². The highest BCUT2D eigenvalue weighted by atomic mass is 35.5. The van der Waals surface area contributed by atoms with E-state index < -0.39 is 5.97 Å². The Labute approximate surface area is 117 Å². The van der Waals surface area contributed by atoms with Crippen molar-refractivity contribution in [2.75, 3.05) is 24.7 Å². The number of carboxylic acid groups (broad SMARTS) is 1. The predicted octanol–water partition coefficient (Wildman–Crippen LogP) is 2.80. The lowest BCUT2D eigenvalue weighted by Gasteiger charge is -2.31. The summed E-state index contributed by atoms with van der Waals surface area (Å²) in [6.07, 6.45) is 2.75. The molecule has 1 N–H and O–H groups in total. The van der Waals surface area contributed by atoms with Crippen molar-refractivity contribution in [2.45, 2.75) is 25.3 Å². The molecule has 1 aliphatic heterocycles. The van der Waals surface area contributed by atoms with Crippen molar-refractivity contribution in [3.63, 3.8) is 0 Å². The van der Waals surface area contributed by atoms with Gasteiger partial charge in [-0.05, 0) is 37.5 Å². The number of ether oxygens (including phenoxy) is 1. The molecule has 1 atom stereocenters. The molecule has 1 aliphatic rings. The van der Waals surface area contributed by atoms with Crippen molar-refractivity contribution in [1.29, 1.82) is 0 Å². The summed E-state index contributed by atoms with van der Waals surface area (Å²) in [5.41, 5.74) is 0.863. The summed E-state index contributed by atoms with van der Waals surface area (Å²) in [6.45, 7) is 1.43. The van der Waals surface area contributed by atoms with Crippen molar-refractivity contribution in [3.8, 4) is 0 Å². The largest absolute Gasteiger partial charge is 0.480 e. The normalized spacial score (nSPS) is 19.7. The molecule has 2 rings (SSSR count). The topological polar surface area (TPSA) is 49.8 Å². The fourth-order valence-electron chi connectivity index (χ4n) is 2.43. The first-order valence-electron chi connectivity index (χ1n) is 6.48. The number of nitrogens with zero attached hydrogens (tertiary/aromatic N) is 1. The number of anilines is 1. The van der Waals surface area contributed by atoms with Gasteiger partial charge in [0.15, 0.2) is 0 Å². The number of carbonyl (C=O) groups is 1. The lowest BCUT2D eigenvalue weighted by molar-refractivity contribution is -0.135. The van der Waals surface area contributed by atoms with Crippen LogP contribution in [0.1, 0.15) is 19.3 Å². The minimum atomic E-state index is -0.829. The molecule has 0 spiro atoms. The van der Waals surface area contributed by atoms with Crippen LogP contribution in [0.4, 0.5) is 5.69 Å². The second-order valence-corrected chi connectivity index (χ2v) is 5.14. The Hall–Kier alpha value is -1.26. The minimum absolute atomic E-state index is 0.00892. The van der Waals surface area contributed by atoms with Crippen LogP contribution in [0.2, 0.25) is 5.02 Å². The van der Waals surface area contributed by atoms with Gasteiger partial charge in [-0.25, -0.2) is 0 Å². The van der Waals surface area contributed by atoms with Gasteiger partial charge in [0.2, 0.25) is 0 Å². The molecule has 1 fully saturated rings. The van der Waals surface area contributed by atoms with E-state index in [1.54, 1.807) is 6.07 Å². The summed E-state index contributed by atoms with van der Waals surface area (Å²) >= 11 is 6.00. The maximum atomic E-state index is 11.1. The number of aliphatic carboxylic acids is 1. The predicted molar refractivity (Wildman–Crippen MR) is 74.9 cm³/mol. The zero-order chi connectivity index (χ0) is 13.7. The first-order valence-corrected chi connectivity index (χ1v) is 6.86. The second-order valence-electron chi connectivity index (χ2n) is 4.70. The van der Waals surface area contributed by atoms with Gasteiger partial charge in [-0.1, -0.05) is 17.7 Å². The highest BCUT2D eigenvalue weighted by molar-refractivity contribution is 6.30. The number of hydrogen-bond donors (Lipinski definition) is 1. The molecule has 0 aliphatic carbocycles. The summed E-state index contributed by atoms with van der Waals surface area (Å²) in [5, 5.41) is 9.73. The molecule has 1 aromatic carbocycles. The van der Waals surface area contributed by atoms with Gasteiger partial charge in [-0.2, -0.15) is 0 Å². The standard InChI is InChI=1S/C14H18ClNO3/c15-11-3-1-4-13(9-11)16(10-14(17)18)12-5-2-7-19-8-6-12/h1,3-4,9,12H,2,5-8,10H2,(H,17,18). The Morgan fingerprint density at radius 1 is 1.42 bits per heavy atom. The van der Waals surface area contributed by atoms with E-state index in [0.29, 0.717) is 11.6 Å². The quantitative estimate of drug-likeness (QED) is 0.923. The molecule has 1 heterocycles. The molecule has 4 nitrogen and oxygen atoms in total. The van der Waals surface area contributed by atoms with Crippen molar-refractivity contribution in [2.24, 2.45) is 0 Å². The van der Waals surface area contributed by atoms with E-state index in [1.807, 2.05) is 23.1 Å². The summed E-state index contributed by atoms with van der Waals surface area (Å²) in [7, 11) is 0. The Morgan fingerprint density at radius 2 is 2.26 bits per heavy atom. The average Bonchev–Trinajstić information content (AvgIpc) is 2.64. The first-order chi connectivity index (χ1) is 9.16. The Morgan fingerprint density at radius 3 is 3.00 bits per heavy atom. The summed E-state index contributed by atoms with van der Waals surface area (Å²) < 4.78 is 5.44. The summed E-state index contributed by atoms with van der Waals surface area (Å²) in [6, 6.07) is 7.55. The van der Waals surface area contributed by atoms with Crippen molar-refractivity contribution < 1.29 is 14.6 Å². The summed E-state index contributed by atoms with van der Waals surface area (Å²) in [4.78, 5) is 13.0. The number of rotatable bonds is 4. The molecule has 1 unspecified atom stereocenters. The third-order valence-corrected chi connectivity index (χ3v) is 3.54. The van der Waals surface area contributed by atoms with Crippen LogP contribution in [0, 0.1) is 0 Å². The highest BCUT2D eigenvalue weighted by Crippen LogP contribution is 2.25. The van der Waals surface area contributed by atoms with E-state index in [-0.39, 0.29) is 12.6 Å². The zero-order valence-corrected chi connectivity index (χ0v) is 11.5. The minimum Gasteiger partial charge on any atom is -0.480 e. The molecular weight excluding hydrogens is 266 g/mol. The molecule has 1 aromatic rings. The van der Waals surface area contributed by atoms with Crippen LogP contribution < -0.4 is 4.90 Å². The molecule has 104 valence electrons. The third-order valence-electron chi connectivity index (χ3n) is 3.31. The number of hydrogen-bond acceptors (Lipinski definition) is 3. The van der Waals surface area contributed by atoms with Crippen molar-refractivity contribution in [1.82, 2.24) is 0 Å². The number of halogens is 1. The Bertz CT molecular complexity index is 430. The van der Waals surface area contributed by atoms with Crippen LogP contribution in [0.3, 0.4) is 0 Å². The van der Waals surface area contributed by atoms with E-state index in [9.17, 15) is 4.79 Å². The fourth-order valence-corrected chi connectivity index (χ4v) is 2.61. The van der Waals surface area contributed by atoms with Gasteiger partial charge in [-0.3, -0.25) is 4.79 Å². The number of benzene rings is 1. The number of carboxylic acids is 1. The second kappa shape index (κ2) is 6.78. The van der Waals surface area contributed by atoms with E-state index in [1.165, 1.54) is 0 Å². The van der Waals surface area contributed by atoms with Gasteiger partial charge in [0.1, 0.15) is 6.54 Å². The molecule has 0 aromatic heterocycles. The average molecular weight is 284 g/mol. The van der Waals surface area contributed by atoms with Gasteiger partial charge in [0, 0.05) is 30.0 Å². The van der Waals surface area contributed by atoms with E-state index in [0.717, 1.165) is 31.6 Å². The lowest BCUT2D eigenvalue weighted by atomic mass is 10.1. The molecular formula is C14H18ClNO3. The monoisotopic (exact) mass is 283 g/mol. The van der Waals surface area contributed by atoms with Crippen LogP contribution in [0.25, 0.3) is 0 Å². The van der Waals surface area contributed by atoms with Crippen LogP contribution in [-0.2, 0) is 9.53 Å². The highest BCUT2D eigenvalue weighted by Gasteiger charge is 2.22. The maximum absolute atomic E-state index is 11.1. The third kappa shape index (κ3) is 4.11. The van der Waals surface area contributed by atoms with Gasteiger partial charge in [-0.15, -0.1) is 0 Å². The molecule has 0 saturated carbocycles. The SMILES string of the molecule is O=C(O)CN(c1cccc(Cl)c1)C1CCCOCC1. The van der Waals surface area contributed by atoms with Crippen LogP contribution in [0.5, 0.6) is 0 Å². The summed E-state index contributed by atoms with van der Waals surface area (Å²) in [5.74, 6) is -0.829. The van der Waals surface area contributed by atoms with Gasteiger partial charge >= 0.3 is 5.97 Å². The molecule has 0 radical (unpaired) electrons. The Balaban J connectivity index is 2.21. The fraction of sp³-hybridized carbons (Fsp3) is 0.500. The van der Waals surface area contributed by atoms with Crippen molar-refractivity contribution >= 4 is 23.3 Å². The van der Waals surface area contributed by atoms with Gasteiger partial charge < -0.3 is 14.7 Å². The van der Waals surface area contributed by atoms with Crippen LogP contribution >= 0.6 is 11.6 Å². The molecule has 19 heavy (non-hydrogen) atoms. The molecule has 0 amide bonds. The lowest BCUT2D eigenvalue weighted by Crippen LogP contribution is -2.39. The first kappa shape index (κ1) is 14.2. The van der Waals surface area contributed by atoms with Crippen LogP contribution in [0.15, 0.2) is 24.3 Å². The van der Waals surface area contributed by atoms with E-state index in [4.69, 9.17) is 21.4 Å². The van der Waals surface area contributed by atoms with Gasteiger partial charge in [0.25, 0.3) is 0 Å². The van der Waals surface area contributed by atoms with E-state index >= 15 is 0 Å². The van der Waals surface area contributed by atoms with E-state index in [2.05, 4.69) is 0 Å². The molecule has 5 heteroatoms. The Kier molecular flexibility index (Phi) is 5.05. The zero-order valence-electron chi connectivity index (χ0n) is 10.7.